The van der Waals surface area contributed by atoms with Gasteiger partial charge in [-0.05, 0) is 24.6 Å². The third-order valence-electron chi connectivity index (χ3n) is 4.26. The van der Waals surface area contributed by atoms with Crippen molar-refractivity contribution in [1.82, 2.24) is 24.7 Å². The molecule has 0 bridgehead atoms. The van der Waals surface area contributed by atoms with Crippen molar-refractivity contribution in [1.29, 1.82) is 0 Å². The maximum absolute atomic E-state index is 12.6. The number of hydrogen-bond donors (Lipinski definition) is 1. The highest BCUT2D eigenvalue weighted by Gasteiger charge is 2.20. The predicted molar refractivity (Wildman–Crippen MR) is 109 cm³/mol. The highest BCUT2D eigenvalue weighted by atomic mass is 32.1. The van der Waals surface area contributed by atoms with Crippen LogP contribution in [0.3, 0.4) is 0 Å². The van der Waals surface area contributed by atoms with Gasteiger partial charge in [0.05, 0.1) is 5.69 Å². The summed E-state index contributed by atoms with van der Waals surface area (Å²) in [6, 6.07) is 11.2. The number of nitrogens with zero attached hydrogens (tertiary/aromatic N) is 5. The molecule has 0 spiro atoms. The molecule has 0 saturated carbocycles. The second-order valence-corrected chi connectivity index (χ2v) is 6.98. The number of carbonyl (C=O) groups excluding carboxylic acids is 1. The summed E-state index contributed by atoms with van der Waals surface area (Å²) in [7, 11) is 0. The van der Waals surface area contributed by atoms with Crippen LogP contribution in [0.1, 0.15) is 19.4 Å². The van der Waals surface area contributed by atoms with Crippen LogP contribution in [-0.2, 0) is 4.79 Å². The van der Waals surface area contributed by atoms with Gasteiger partial charge in [-0.15, -0.1) is 11.3 Å². The number of benzene rings is 1. The van der Waals surface area contributed by atoms with Crippen LogP contribution in [0.2, 0.25) is 0 Å². The number of nitrogens with one attached hydrogen (secondary N) is 1. The van der Waals surface area contributed by atoms with Crippen molar-refractivity contribution in [2.24, 2.45) is 0 Å². The van der Waals surface area contributed by atoms with Gasteiger partial charge in [-0.1, -0.05) is 25.1 Å². The second-order valence-electron chi connectivity index (χ2n) is 6.08. The molecule has 1 aromatic carbocycles. The van der Waals surface area contributed by atoms with E-state index in [4.69, 9.17) is 0 Å². The topological polar surface area (TPSA) is 85.6 Å². The Morgan fingerprint density at radius 2 is 1.93 bits per heavy atom. The van der Waals surface area contributed by atoms with Crippen molar-refractivity contribution in [3.63, 3.8) is 0 Å². The van der Waals surface area contributed by atoms with Crippen LogP contribution in [0.5, 0.6) is 0 Å². The molecular formula is C20H18N6OS. The maximum atomic E-state index is 12.6. The molecule has 0 radical (unpaired) electrons. The summed E-state index contributed by atoms with van der Waals surface area (Å²) < 4.78 is 1.70. The standard InChI is InChI=1S/C20H18N6OS/c1-2-17(19(27)24-20-23-10-12-28-20)26-11-7-16(25-26)14-5-3-6-15(13-14)18-21-8-4-9-22-18/h3-13,17H,2H2,1H3,(H,23,24,27)/t17-/m1/s1. The van der Waals surface area contributed by atoms with Crippen molar-refractivity contribution in [3.05, 3.63) is 66.6 Å². The van der Waals surface area contributed by atoms with Crippen LogP contribution in [0.15, 0.2) is 66.6 Å². The van der Waals surface area contributed by atoms with Gasteiger partial charge in [-0.25, -0.2) is 15.0 Å². The van der Waals surface area contributed by atoms with Crippen LogP contribution >= 0.6 is 11.3 Å². The minimum atomic E-state index is -0.404. The van der Waals surface area contributed by atoms with Crippen LogP contribution < -0.4 is 5.32 Å². The first-order valence-corrected chi connectivity index (χ1v) is 9.76. The van der Waals surface area contributed by atoms with E-state index in [1.807, 2.05) is 48.8 Å². The molecule has 0 aliphatic carbocycles. The predicted octanol–water partition coefficient (Wildman–Crippen LogP) is 4.05. The average Bonchev–Trinajstić information content (AvgIpc) is 3.42. The molecule has 0 aliphatic rings. The van der Waals surface area contributed by atoms with Crippen molar-refractivity contribution < 1.29 is 4.79 Å². The summed E-state index contributed by atoms with van der Waals surface area (Å²) >= 11 is 1.39. The summed E-state index contributed by atoms with van der Waals surface area (Å²) in [5, 5.41) is 9.89. The lowest BCUT2D eigenvalue weighted by molar-refractivity contribution is -0.119. The van der Waals surface area contributed by atoms with E-state index in [-0.39, 0.29) is 5.91 Å². The number of hydrogen-bond acceptors (Lipinski definition) is 6. The molecule has 140 valence electrons. The zero-order valence-corrected chi connectivity index (χ0v) is 16.0. The molecule has 0 saturated heterocycles. The van der Waals surface area contributed by atoms with Crippen molar-refractivity contribution in [2.75, 3.05) is 5.32 Å². The molecule has 1 atom stereocenters. The summed E-state index contributed by atoms with van der Waals surface area (Å²) in [5.41, 5.74) is 2.65. The summed E-state index contributed by atoms with van der Waals surface area (Å²) in [6.07, 6.45) is 7.55. The lowest BCUT2D eigenvalue weighted by Crippen LogP contribution is -2.25. The molecule has 0 unspecified atom stereocenters. The molecule has 7 nitrogen and oxygen atoms in total. The Hall–Kier alpha value is -3.39. The number of carbonyl (C=O) groups is 1. The van der Waals surface area contributed by atoms with Gasteiger partial charge in [-0.3, -0.25) is 9.48 Å². The molecule has 4 rings (SSSR count). The largest absolute Gasteiger partial charge is 0.300 e. The Kier molecular flexibility index (Phi) is 5.20. The summed E-state index contributed by atoms with van der Waals surface area (Å²) in [5.74, 6) is 0.538. The highest BCUT2D eigenvalue weighted by Crippen LogP contribution is 2.24. The lowest BCUT2D eigenvalue weighted by atomic mass is 10.1. The molecule has 3 aromatic heterocycles. The van der Waals surface area contributed by atoms with E-state index < -0.39 is 6.04 Å². The SMILES string of the molecule is CC[C@H](C(=O)Nc1nccs1)n1ccc(-c2cccc(-c3ncccn3)c2)n1. The fourth-order valence-corrected chi connectivity index (χ4v) is 3.43. The fourth-order valence-electron chi connectivity index (χ4n) is 2.90. The minimum absolute atomic E-state index is 0.126. The lowest BCUT2D eigenvalue weighted by Gasteiger charge is -2.14. The van der Waals surface area contributed by atoms with E-state index in [0.717, 1.165) is 16.8 Å². The zero-order valence-electron chi connectivity index (χ0n) is 15.2. The second kappa shape index (κ2) is 8.10. The molecule has 0 aliphatic heterocycles. The van der Waals surface area contributed by atoms with Crippen molar-refractivity contribution in [3.8, 4) is 22.6 Å². The summed E-state index contributed by atoms with van der Waals surface area (Å²) in [4.78, 5) is 25.3. The number of anilines is 1. The normalized spacial score (nSPS) is 11.9. The van der Waals surface area contributed by atoms with Gasteiger partial charge in [0, 0.05) is 41.3 Å². The Labute approximate surface area is 166 Å². The number of aromatic nitrogens is 5. The first-order chi connectivity index (χ1) is 13.7. The van der Waals surface area contributed by atoms with E-state index in [0.29, 0.717) is 17.4 Å². The smallest absolute Gasteiger partial charge is 0.251 e. The Bertz CT molecular complexity index is 1060. The molecule has 28 heavy (non-hydrogen) atoms. The Morgan fingerprint density at radius 3 is 2.68 bits per heavy atom. The van der Waals surface area contributed by atoms with Crippen LogP contribution in [-0.4, -0.2) is 30.6 Å². The van der Waals surface area contributed by atoms with Gasteiger partial charge >= 0.3 is 0 Å². The van der Waals surface area contributed by atoms with Gasteiger partial charge in [0.1, 0.15) is 6.04 Å². The van der Waals surface area contributed by atoms with Gasteiger partial charge in [0.25, 0.3) is 5.91 Å². The molecule has 3 heterocycles. The minimum Gasteiger partial charge on any atom is -0.300 e. The maximum Gasteiger partial charge on any atom is 0.251 e. The highest BCUT2D eigenvalue weighted by molar-refractivity contribution is 7.13. The number of thiazole rings is 1. The molecule has 0 fully saturated rings. The average molecular weight is 390 g/mol. The third kappa shape index (κ3) is 3.81. The van der Waals surface area contributed by atoms with Gasteiger partial charge in [0.2, 0.25) is 0 Å². The van der Waals surface area contributed by atoms with Crippen LogP contribution in [0, 0.1) is 0 Å². The number of rotatable bonds is 6. The monoisotopic (exact) mass is 390 g/mol. The zero-order chi connectivity index (χ0) is 19.3. The first kappa shape index (κ1) is 18.0. The summed E-state index contributed by atoms with van der Waals surface area (Å²) in [6.45, 7) is 1.96. The van der Waals surface area contributed by atoms with Crippen molar-refractivity contribution in [2.45, 2.75) is 19.4 Å². The van der Waals surface area contributed by atoms with Gasteiger partial charge < -0.3 is 5.32 Å². The fraction of sp³-hybridized carbons (Fsp3) is 0.150. The Morgan fingerprint density at radius 1 is 1.11 bits per heavy atom. The molecule has 1 amide bonds. The first-order valence-electron chi connectivity index (χ1n) is 8.88. The van der Waals surface area contributed by atoms with E-state index in [1.54, 1.807) is 29.3 Å². The molecular weight excluding hydrogens is 372 g/mol. The van der Waals surface area contributed by atoms with E-state index in [9.17, 15) is 4.79 Å². The molecule has 4 aromatic rings. The van der Waals surface area contributed by atoms with Gasteiger partial charge in [-0.2, -0.15) is 5.10 Å². The Balaban J connectivity index is 1.57. The van der Waals surface area contributed by atoms with Crippen molar-refractivity contribution >= 4 is 22.4 Å². The van der Waals surface area contributed by atoms with E-state index >= 15 is 0 Å². The molecule has 1 N–H and O–H groups in total. The van der Waals surface area contributed by atoms with Crippen LogP contribution in [0.25, 0.3) is 22.6 Å². The quantitative estimate of drug-likeness (QED) is 0.537. The third-order valence-corrected chi connectivity index (χ3v) is 4.95. The molecule has 8 heteroatoms. The van der Waals surface area contributed by atoms with Crippen LogP contribution in [0.4, 0.5) is 5.13 Å². The van der Waals surface area contributed by atoms with E-state index in [2.05, 4.69) is 25.4 Å². The van der Waals surface area contributed by atoms with Gasteiger partial charge in [0.15, 0.2) is 11.0 Å². The number of amides is 1. The van der Waals surface area contributed by atoms with E-state index in [1.165, 1.54) is 11.3 Å².